The lowest BCUT2D eigenvalue weighted by Gasteiger charge is -2.33. The van der Waals surface area contributed by atoms with Gasteiger partial charge in [-0.05, 0) is 58.6 Å². The molecule has 1 amide bonds. The van der Waals surface area contributed by atoms with Gasteiger partial charge in [0.15, 0.2) is 6.61 Å². The number of likely N-dealkylation sites (tertiary alicyclic amines) is 1. The Morgan fingerprint density at radius 3 is 2.60 bits per heavy atom. The summed E-state index contributed by atoms with van der Waals surface area (Å²) in [6, 6.07) is 8.58. The molecule has 6 nitrogen and oxygen atoms in total. The number of rotatable bonds is 6. The Morgan fingerprint density at radius 1 is 1.17 bits per heavy atom. The van der Waals surface area contributed by atoms with Crippen molar-refractivity contribution in [3.8, 4) is 0 Å². The van der Waals surface area contributed by atoms with Crippen LogP contribution in [0.15, 0.2) is 30.3 Å². The minimum atomic E-state index is -0.516. The zero-order chi connectivity index (χ0) is 21.7. The number of ether oxygens (including phenoxy) is 1. The molecule has 160 valence electrons. The van der Waals surface area contributed by atoms with Crippen molar-refractivity contribution in [1.29, 1.82) is 0 Å². The van der Waals surface area contributed by atoms with Gasteiger partial charge in [0.25, 0.3) is 5.91 Å². The second-order valence-corrected chi connectivity index (χ2v) is 8.10. The van der Waals surface area contributed by atoms with Crippen LogP contribution in [0.1, 0.15) is 54.3 Å². The van der Waals surface area contributed by atoms with E-state index in [1.54, 1.807) is 6.08 Å². The van der Waals surface area contributed by atoms with E-state index in [1.807, 2.05) is 30.4 Å². The summed E-state index contributed by atoms with van der Waals surface area (Å²) >= 11 is 0. The molecule has 30 heavy (non-hydrogen) atoms. The molecular formula is C24H31N3O3. The number of carbonyl (C=O) groups excluding carboxylic acids is 2. The van der Waals surface area contributed by atoms with Crippen LogP contribution < -0.4 is 0 Å². The van der Waals surface area contributed by atoms with Gasteiger partial charge in [-0.3, -0.25) is 9.48 Å². The Morgan fingerprint density at radius 2 is 1.90 bits per heavy atom. The normalized spacial score (nSPS) is 16.8. The van der Waals surface area contributed by atoms with Gasteiger partial charge in [0.2, 0.25) is 0 Å². The van der Waals surface area contributed by atoms with Gasteiger partial charge < -0.3 is 9.64 Å². The van der Waals surface area contributed by atoms with E-state index >= 15 is 0 Å². The van der Waals surface area contributed by atoms with Crippen LogP contribution in [0.5, 0.6) is 0 Å². The summed E-state index contributed by atoms with van der Waals surface area (Å²) in [7, 11) is 0. The average Bonchev–Trinajstić information content (AvgIpc) is 2.99. The molecule has 2 aromatic rings. The van der Waals surface area contributed by atoms with Crippen LogP contribution >= 0.6 is 0 Å². The maximum atomic E-state index is 12.3. The monoisotopic (exact) mass is 409 g/mol. The first-order valence-corrected chi connectivity index (χ1v) is 10.6. The van der Waals surface area contributed by atoms with E-state index < -0.39 is 5.97 Å². The second kappa shape index (κ2) is 9.74. The van der Waals surface area contributed by atoms with Crippen LogP contribution in [0.4, 0.5) is 0 Å². The number of carbonyl (C=O) groups is 2. The van der Waals surface area contributed by atoms with Crippen LogP contribution in [-0.2, 0) is 20.9 Å². The first-order valence-electron chi connectivity index (χ1n) is 10.6. The third kappa shape index (κ3) is 5.38. The van der Waals surface area contributed by atoms with Gasteiger partial charge in [-0.15, -0.1) is 0 Å². The maximum Gasteiger partial charge on any atom is 0.331 e. The van der Waals surface area contributed by atoms with Crippen molar-refractivity contribution in [3.63, 3.8) is 0 Å². The van der Waals surface area contributed by atoms with Crippen LogP contribution in [-0.4, -0.2) is 45.8 Å². The summed E-state index contributed by atoms with van der Waals surface area (Å²) in [5.74, 6) is -0.639. The zero-order valence-electron chi connectivity index (χ0n) is 18.4. The summed E-state index contributed by atoms with van der Waals surface area (Å²) < 4.78 is 7.11. The summed E-state index contributed by atoms with van der Waals surface area (Å²) in [6.45, 7) is 9.22. The molecule has 6 heteroatoms. The zero-order valence-corrected chi connectivity index (χ0v) is 18.4. The summed E-state index contributed by atoms with van der Waals surface area (Å²) in [5, 5.41) is 4.60. The molecule has 1 atom stereocenters. The highest BCUT2D eigenvalue weighted by atomic mass is 16.5. The van der Waals surface area contributed by atoms with Gasteiger partial charge in [0.05, 0.1) is 12.2 Å². The molecular weight excluding hydrogens is 378 g/mol. The topological polar surface area (TPSA) is 64.4 Å². The van der Waals surface area contributed by atoms with Crippen LogP contribution in [0.2, 0.25) is 0 Å². The Hall–Kier alpha value is -2.89. The highest BCUT2D eigenvalue weighted by Crippen LogP contribution is 2.18. The highest BCUT2D eigenvalue weighted by molar-refractivity contribution is 5.89. The number of piperidine rings is 1. The lowest BCUT2D eigenvalue weighted by molar-refractivity contribution is -0.149. The van der Waals surface area contributed by atoms with Crippen LogP contribution in [0.25, 0.3) is 6.08 Å². The number of hydrogen-bond donors (Lipinski definition) is 0. The number of nitrogens with zero attached hydrogens (tertiary/aromatic N) is 3. The van der Waals surface area contributed by atoms with Crippen molar-refractivity contribution in [1.82, 2.24) is 14.7 Å². The molecule has 1 aromatic heterocycles. The van der Waals surface area contributed by atoms with Crippen LogP contribution in [0.3, 0.4) is 0 Å². The fourth-order valence-electron chi connectivity index (χ4n) is 3.86. The fraction of sp³-hybridized carbons (Fsp3) is 0.458. The molecule has 0 aliphatic carbocycles. The van der Waals surface area contributed by atoms with E-state index in [0.29, 0.717) is 6.54 Å². The lowest BCUT2D eigenvalue weighted by atomic mass is 10.0. The molecule has 0 bridgehead atoms. The molecule has 0 radical (unpaired) electrons. The molecule has 0 spiro atoms. The lowest BCUT2D eigenvalue weighted by Crippen LogP contribution is -2.44. The van der Waals surface area contributed by atoms with Gasteiger partial charge >= 0.3 is 5.97 Å². The van der Waals surface area contributed by atoms with Gasteiger partial charge in [0.1, 0.15) is 0 Å². The number of benzene rings is 1. The highest BCUT2D eigenvalue weighted by Gasteiger charge is 2.23. The molecule has 0 saturated carbocycles. The van der Waals surface area contributed by atoms with Gasteiger partial charge in [0, 0.05) is 29.9 Å². The molecule has 2 heterocycles. The first kappa shape index (κ1) is 21.8. The largest absolute Gasteiger partial charge is 0.452 e. The minimum absolute atomic E-state index is 0.123. The van der Waals surface area contributed by atoms with Gasteiger partial charge in [-0.2, -0.15) is 5.10 Å². The fourth-order valence-corrected chi connectivity index (χ4v) is 3.86. The predicted octanol–water partition coefficient (Wildman–Crippen LogP) is 3.81. The Labute approximate surface area is 178 Å². The van der Waals surface area contributed by atoms with E-state index in [0.717, 1.165) is 42.8 Å². The first-order chi connectivity index (χ1) is 14.3. The van der Waals surface area contributed by atoms with Crippen molar-refractivity contribution in [2.45, 2.75) is 59.5 Å². The summed E-state index contributed by atoms with van der Waals surface area (Å²) in [5.41, 5.74) is 5.13. The molecule has 1 saturated heterocycles. The van der Waals surface area contributed by atoms with E-state index in [-0.39, 0.29) is 18.6 Å². The molecule has 0 N–H and O–H groups in total. The predicted molar refractivity (Wildman–Crippen MR) is 117 cm³/mol. The molecule has 1 aliphatic heterocycles. The number of aryl methyl sites for hydroxylation is 2. The summed E-state index contributed by atoms with van der Waals surface area (Å²) in [4.78, 5) is 26.2. The second-order valence-electron chi connectivity index (χ2n) is 8.10. The number of hydrogen-bond acceptors (Lipinski definition) is 4. The molecule has 1 aromatic carbocycles. The minimum Gasteiger partial charge on any atom is -0.452 e. The van der Waals surface area contributed by atoms with Crippen LogP contribution in [0, 0.1) is 20.8 Å². The standard InChI is InChI=1S/C24H31N3O3/c1-17-8-10-21(11-9-17)15-27-20(4)22(19(3)25-27)12-13-24(29)30-16-23(28)26-14-6-5-7-18(26)2/h8-13,18H,5-7,14-16H2,1-4H3/b13-12+. The number of esters is 1. The van der Waals surface area contributed by atoms with Gasteiger partial charge in [-0.1, -0.05) is 29.8 Å². The van der Waals surface area contributed by atoms with E-state index in [4.69, 9.17) is 4.74 Å². The van der Waals surface area contributed by atoms with Crippen molar-refractivity contribution in [2.75, 3.05) is 13.2 Å². The maximum absolute atomic E-state index is 12.3. The van der Waals surface area contributed by atoms with E-state index in [9.17, 15) is 9.59 Å². The number of amides is 1. The van der Waals surface area contributed by atoms with Gasteiger partial charge in [-0.25, -0.2) is 4.79 Å². The SMILES string of the molecule is Cc1ccc(Cn2nc(C)c(/C=C/C(=O)OCC(=O)N3CCCCC3C)c2C)cc1. The molecule has 1 unspecified atom stereocenters. The quantitative estimate of drug-likeness (QED) is 0.538. The van der Waals surface area contributed by atoms with Crippen molar-refractivity contribution in [3.05, 3.63) is 58.4 Å². The number of aromatic nitrogens is 2. The third-order valence-corrected chi connectivity index (χ3v) is 5.74. The van der Waals surface area contributed by atoms with E-state index in [1.165, 1.54) is 17.2 Å². The van der Waals surface area contributed by atoms with Crippen molar-refractivity contribution in [2.24, 2.45) is 0 Å². The third-order valence-electron chi connectivity index (χ3n) is 5.74. The molecule has 1 fully saturated rings. The molecule has 1 aliphatic rings. The van der Waals surface area contributed by atoms with Crippen molar-refractivity contribution < 1.29 is 14.3 Å². The Bertz CT molecular complexity index is 928. The Kier molecular flexibility index (Phi) is 7.08. The van der Waals surface area contributed by atoms with Crippen molar-refractivity contribution >= 4 is 18.0 Å². The average molecular weight is 410 g/mol. The summed E-state index contributed by atoms with van der Waals surface area (Å²) in [6.07, 6.45) is 6.25. The molecule has 3 rings (SSSR count). The smallest absolute Gasteiger partial charge is 0.331 e. The van der Waals surface area contributed by atoms with E-state index in [2.05, 4.69) is 36.3 Å². The Balaban J connectivity index is 1.58.